The molecule has 0 bridgehead atoms. The van der Waals surface area contributed by atoms with Crippen molar-refractivity contribution in [3.63, 3.8) is 0 Å². The van der Waals surface area contributed by atoms with Gasteiger partial charge >= 0.3 is 0 Å². The molecule has 3 rings (SSSR count). The Morgan fingerprint density at radius 1 is 1.09 bits per heavy atom. The predicted octanol–water partition coefficient (Wildman–Crippen LogP) is 3.54. The summed E-state index contributed by atoms with van der Waals surface area (Å²) < 4.78 is 5.85. The molecule has 0 atom stereocenters. The molecule has 0 saturated carbocycles. The smallest absolute Gasteiger partial charge is 0.190 e. The van der Waals surface area contributed by atoms with Gasteiger partial charge in [-0.3, -0.25) is 0 Å². The summed E-state index contributed by atoms with van der Waals surface area (Å²) >= 11 is 0. The van der Waals surface area contributed by atoms with Crippen molar-refractivity contribution in [3.8, 4) is 23.1 Å². The summed E-state index contributed by atoms with van der Waals surface area (Å²) in [5.41, 5.74) is 5.15. The first kappa shape index (κ1) is 14.8. The summed E-state index contributed by atoms with van der Waals surface area (Å²) in [4.78, 5) is 0. The highest BCUT2D eigenvalue weighted by atomic mass is 16.5. The van der Waals surface area contributed by atoms with Crippen molar-refractivity contribution in [1.29, 1.82) is 5.26 Å². The fourth-order valence-electron chi connectivity index (χ4n) is 2.29. The van der Waals surface area contributed by atoms with Crippen molar-refractivity contribution in [2.45, 2.75) is 20.5 Å². The van der Waals surface area contributed by atoms with Crippen LogP contribution in [0.3, 0.4) is 0 Å². The Morgan fingerprint density at radius 3 is 2.74 bits per heavy atom. The quantitative estimate of drug-likeness (QED) is 0.800. The first-order valence-electron chi connectivity index (χ1n) is 7.27. The summed E-state index contributed by atoms with van der Waals surface area (Å²) in [6.45, 7) is 4.60. The van der Waals surface area contributed by atoms with E-state index in [-0.39, 0.29) is 5.69 Å². The van der Waals surface area contributed by atoms with Crippen molar-refractivity contribution in [1.82, 2.24) is 15.4 Å². The maximum absolute atomic E-state index is 9.04. The second-order valence-corrected chi connectivity index (χ2v) is 5.37. The van der Waals surface area contributed by atoms with E-state index in [2.05, 4.69) is 35.3 Å². The predicted molar refractivity (Wildman–Crippen MR) is 86.8 cm³/mol. The number of aromatic nitrogens is 3. The zero-order valence-corrected chi connectivity index (χ0v) is 13.0. The Labute approximate surface area is 134 Å². The number of aryl methyl sites for hydroxylation is 2. The first-order chi connectivity index (χ1) is 11.2. The molecule has 1 N–H and O–H groups in total. The Hall–Kier alpha value is -3.13. The molecule has 0 aliphatic rings. The molecular weight excluding hydrogens is 288 g/mol. The van der Waals surface area contributed by atoms with Gasteiger partial charge in [-0.25, -0.2) is 0 Å². The van der Waals surface area contributed by atoms with Gasteiger partial charge in [-0.05, 0) is 48.7 Å². The van der Waals surface area contributed by atoms with Crippen LogP contribution in [-0.2, 0) is 6.61 Å². The fraction of sp³-hybridized carbons (Fsp3) is 0.167. The third-order valence-corrected chi connectivity index (χ3v) is 3.74. The van der Waals surface area contributed by atoms with E-state index < -0.39 is 0 Å². The second kappa shape index (κ2) is 6.32. The van der Waals surface area contributed by atoms with Crippen LogP contribution in [0.1, 0.15) is 22.4 Å². The molecule has 0 aliphatic carbocycles. The zero-order valence-electron chi connectivity index (χ0n) is 13.0. The largest absolute Gasteiger partial charge is 0.489 e. The average Bonchev–Trinajstić information content (AvgIpc) is 3.05. The van der Waals surface area contributed by atoms with Crippen LogP contribution in [0.15, 0.2) is 42.5 Å². The van der Waals surface area contributed by atoms with Gasteiger partial charge in [0.25, 0.3) is 0 Å². The highest BCUT2D eigenvalue weighted by molar-refractivity contribution is 5.64. The van der Waals surface area contributed by atoms with Gasteiger partial charge in [-0.2, -0.15) is 15.6 Å². The lowest BCUT2D eigenvalue weighted by molar-refractivity contribution is 0.306. The number of ether oxygens (including phenoxy) is 1. The van der Waals surface area contributed by atoms with Crippen LogP contribution in [0.4, 0.5) is 0 Å². The van der Waals surface area contributed by atoms with Crippen LogP contribution in [-0.4, -0.2) is 15.4 Å². The molecule has 0 saturated heterocycles. The van der Waals surface area contributed by atoms with Gasteiger partial charge < -0.3 is 4.74 Å². The van der Waals surface area contributed by atoms with E-state index in [0.717, 1.165) is 16.9 Å². The zero-order chi connectivity index (χ0) is 16.2. The van der Waals surface area contributed by atoms with Crippen molar-refractivity contribution < 1.29 is 4.74 Å². The first-order valence-corrected chi connectivity index (χ1v) is 7.27. The van der Waals surface area contributed by atoms with Crippen LogP contribution < -0.4 is 4.74 Å². The summed E-state index contributed by atoms with van der Waals surface area (Å²) in [5, 5.41) is 19.4. The van der Waals surface area contributed by atoms with Gasteiger partial charge in [0.1, 0.15) is 24.1 Å². The normalized spacial score (nSPS) is 10.3. The molecule has 5 nitrogen and oxygen atoms in total. The van der Waals surface area contributed by atoms with E-state index in [9.17, 15) is 0 Å². The Bertz CT molecular complexity index is 877. The molecule has 5 heteroatoms. The van der Waals surface area contributed by atoms with Gasteiger partial charge in [0.2, 0.25) is 0 Å². The lowest BCUT2D eigenvalue weighted by atomic mass is 10.1. The van der Waals surface area contributed by atoms with Gasteiger partial charge in [0.15, 0.2) is 5.69 Å². The number of rotatable bonds is 4. The summed E-state index contributed by atoms with van der Waals surface area (Å²) in [5.74, 6) is 0.845. The minimum Gasteiger partial charge on any atom is -0.489 e. The topological polar surface area (TPSA) is 74.6 Å². The molecule has 0 radical (unpaired) electrons. The van der Waals surface area contributed by atoms with Gasteiger partial charge in [0.05, 0.1) is 0 Å². The monoisotopic (exact) mass is 304 g/mol. The van der Waals surface area contributed by atoms with Gasteiger partial charge in [0, 0.05) is 5.56 Å². The number of nitriles is 1. The molecule has 0 spiro atoms. The Balaban J connectivity index is 1.78. The standard InChI is InChI=1S/C18H16N4O/c1-12-6-7-16(8-13(12)2)23-11-14-4-3-5-15(9-14)18-17(10-19)20-22-21-18/h3-9H,11H2,1-2H3,(H,20,21,22). The lowest BCUT2D eigenvalue weighted by Gasteiger charge is -2.09. The van der Waals surface area contributed by atoms with Gasteiger partial charge in [-0.15, -0.1) is 5.10 Å². The number of nitrogens with one attached hydrogen (secondary N) is 1. The van der Waals surface area contributed by atoms with E-state index in [1.165, 1.54) is 11.1 Å². The van der Waals surface area contributed by atoms with E-state index in [1.54, 1.807) is 0 Å². The van der Waals surface area contributed by atoms with E-state index >= 15 is 0 Å². The number of aromatic amines is 1. The number of hydrogen-bond acceptors (Lipinski definition) is 4. The number of hydrogen-bond donors (Lipinski definition) is 1. The molecule has 0 amide bonds. The second-order valence-electron chi connectivity index (χ2n) is 5.37. The lowest BCUT2D eigenvalue weighted by Crippen LogP contribution is -1.96. The van der Waals surface area contributed by atoms with Crippen LogP contribution in [0.2, 0.25) is 0 Å². The van der Waals surface area contributed by atoms with E-state index in [0.29, 0.717) is 12.3 Å². The molecular formula is C18H16N4O. The SMILES string of the molecule is Cc1ccc(OCc2cccc(-c3n[nH]nc3C#N)c2)cc1C. The maximum Gasteiger partial charge on any atom is 0.190 e. The van der Waals surface area contributed by atoms with Crippen LogP contribution in [0.5, 0.6) is 5.75 Å². The molecule has 0 aliphatic heterocycles. The molecule has 23 heavy (non-hydrogen) atoms. The minimum absolute atomic E-state index is 0.289. The Morgan fingerprint density at radius 2 is 1.96 bits per heavy atom. The maximum atomic E-state index is 9.04. The summed E-state index contributed by atoms with van der Waals surface area (Å²) in [7, 11) is 0. The number of benzene rings is 2. The molecule has 0 unspecified atom stereocenters. The summed E-state index contributed by atoms with van der Waals surface area (Å²) in [6, 6.07) is 15.8. The fourth-order valence-corrected chi connectivity index (χ4v) is 2.29. The van der Waals surface area contributed by atoms with Crippen LogP contribution in [0.25, 0.3) is 11.3 Å². The molecule has 1 aromatic heterocycles. The molecule has 2 aromatic carbocycles. The van der Waals surface area contributed by atoms with E-state index in [4.69, 9.17) is 10.00 Å². The van der Waals surface area contributed by atoms with Crippen molar-refractivity contribution in [2.75, 3.05) is 0 Å². The molecule has 114 valence electrons. The van der Waals surface area contributed by atoms with Crippen molar-refractivity contribution in [2.24, 2.45) is 0 Å². The van der Waals surface area contributed by atoms with Crippen LogP contribution >= 0.6 is 0 Å². The third kappa shape index (κ3) is 3.22. The highest BCUT2D eigenvalue weighted by Crippen LogP contribution is 2.22. The number of H-pyrrole nitrogens is 1. The highest BCUT2D eigenvalue weighted by Gasteiger charge is 2.10. The molecule has 1 heterocycles. The van der Waals surface area contributed by atoms with Crippen LogP contribution in [0, 0.1) is 25.2 Å². The van der Waals surface area contributed by atoms with Crippen molar-refractivity contribution in [3.05, 3.63) is 64.8 Å². The van der Waals surface area contributed by atoms with Gasteiger partial charge in [-0.1, -0.05) is 24.3 Å². The molecule has 3 aromatic rings. The third-order valence-electron chi connectivity index (χ3n) is 3.74. The van der Waals surface area contributed by atoms with Crippen molar-refractivity contribution >= 4 is 0 Å². The Kier molecular flexibility index (Phi) is 4.07. The average molecular weight is 304 g/mol. The number of nitrogens with zero attached hydrogens (tertiary/aromatic N) is 3. The minimum atomic E-state index is 0.289. The van der Waals surface area contributed by atoms with E-state index in [1.807, 2.05) is 42.5 Å². The summed E-state index contributed by atoms with van der Waals surface area (Å²) in [6.07, 6.45) is 0. The molecule has 0 fully saturated rings.